The molecule has 3 aromatic rings. The zero-order valence-electron chi connectivity index (χ0n) is 13.3. The Morgan fingerprint density at radius 2 is 1.96 bits per heavy atom. The number of nitrogens with zero attached hydrogens (tertiary/aromatic N) is 4. The van der Waals surface area contributed by atoms with E-state index in [2.05, 4.69) is 68.1 Å². The van der Waals surface area contributed by atoms with Crippen molar-refractivity contribution in [1.29, 1.82) is 0 Å². The molecule has 0 amide bonds. The van der Waals surface area contributed by atoms with E-state index in [0.29, 0.717) is 0 Å². The van der Waals surface area contributed by atoms with E-state index in [1.165, 1.54) is 18.4 Å². The van der Waals surface area contributed by atoms with Gasteiger partial charge in [-0.2, -0.15) is 0 Å². The van der Waals surface area contributed by atoms with Crippen molar-refractivity contribution >= 4 is 21.7 Å². The quantitative estimate of drug-likeness (QED) is 0.619. The number of rotatable bonds is 7. The zero-order valence-corrected chi connectivity index (χ0v) is 14.9. The molecule has 0 spiro atoms. The molecule has 0 unspecified atom stereocenters. The second-order valence-corrected chi connectivity index (χ2v) is 6.44. The van der Waals surface area contributed by atoms with Crippen molar-refractivity contribution in [2.75, 3.05) is 6.54 Å². The van der Waals surface area contributed by atoms with Crippen LogP contribution in [-0.2, 0) is 13.1 Å². The zero-order chi connectivity index (χ0) is 16.1. The molecule has 0 radical (unpaired) electrons. The first-order valence-electron chi connectivity index (χ1n) is 8.01. The fourth-order valence-corrected chi connectivity index (χ4v) is 3.15. The van der Waals surface area contributed by atoms with Gasteiger partial charge in [-0.1, -0.05) is 43.7 Å². The van der Waals surface area contributed by atoms with Crippen molar-refractivity contribution < 1.29 is 0 Å². The predicted molar refractivity (Wildman–Crippen MR) is 96.2 cm³/mol. The number of aromatic nitrogens is 3. The molecular formula is C18H21BrN4. The highest BCUT2D eigenvalue weighted by atomic mass is 79.9. The summed E-state index contributed by atoms with van der Waals surface area (Å²) in [5.41, 5.74) is 2.37. The van der Waals surface area contributed by atoms with Crippen molar-refractivity contribution in [3.05, 3.63) is 64.7 Å². The normalized spacial score (nSPS) is 11.4. The maximum atomic E-state index is 4.67. The average molecular weight is 373 g/mol. The lowest BCUT2D eigenvalue weighted by Gasteiger charge is -2.21. The Hall–Kier alpha value is -1.72. The minimum atomic E-state index is 0.740. The van der Waals surface area contributed by atoms with Crippen LogP contribution in [0.2, 0.25) is 0 Å². The van der Waals surface area contributed by atoms with E-state index in [-0.39, 0.29) is 0 Å². The van der Waals surface area contributed by atoms with E-state index in [0.717, 1.165) is 35.7 Å². The molecule has 0 aliphatic carbocycles. The fourth-order valence-electron chi connectivity index (χ4n) is 2.65. The molecule has 0 N–H and O–H groups in total. The van der Waals surface area contributed by atoms with Crippen LogP contribution in [0, 0.1) is 0 Å². The summed E-state index contributed by atoms with van der Waals surface area (Å²) in [5, 5.41) is 0. The van der Waals surface area contributed by atoms with Gasteiger partial charge in [-0.25, -0.2) is 9.97 Å². The third kappa shape index (κ3) is 3.98. The minimum Gasteiger partial charge on any atom is -0.293 e. The maximum Gasteiger partial charge on any atom is 0.234 e. The van der Waals surface area contributed by atoms with Gasteiger partial charge in [-0.15, -0.1) is 0 Å². The largest absolute Gasteiger partial charge is 0.293 e. The summed E-state index contributed by atoms with van der Waals surface area (Å²) in [7, 11) is 0. The summed E-state index contributed by atoms with van der Waals surface area (Å²) in [6.07, 6.45) is 6.14. The van der Waals surface area contributed by atoms with E-state index in [9.17, 15) is 0 Å². The molecule has 0 fully saturated rings. The lowest BCUT2D eigenvalue weighted by molar-refractivity contribution is 0.249. The van der Waals surface area contributed by atoms with Crippen molar-refractivity contribution in [3.8, 4) is 0 Å². The molecule has 120 valence electrons. The molecule has 2 aromatic heterocycles. The van der Waals surface area contributed by atoms with Gasteiger partial charge in [0.15, 0.2) is 0 Å². The highest BCUT2D eigenvalue weighted by Crippen LogP contribution is 2.20. The number of halogens is 1. The van der Waals surface area contributed by atoms with Crippen LogP contribution in [0.3, 0.4) is 0 Å². The van der Waals surface area contributed by atoms with E-state index < -0.39 is 0 Å². The molecule has 4 nitrogen and oxygen atoms in total. The lowest BCUT2D eigenvalue weighted by atomic mass is 10.2. The number of hydrogen-bond donors (Lipinski definition) is 0. The van der Waals surface area contributed by atoms with Gasteiger partial charge in [-0.05, 0) is 40.5 Å². The van der Waals surface area contributed by atoms with Crippen LogP contribution in [0.15, 0.2) is 53.4 Å². The third-order valence-electron chi connectivity index (χ3n) is 3.86. The van der Waals surface area contributed by atoms with Crippen LogP contribution >= 0.6 is 15.9 Å². The monoisotopic (exact) mass is 372 g/mol. The second kappa shape index (κ2) is 7.70. The van der Waals surface area contributed by atoms with Crippen LogP contribution in [0.5, 0.6) is 0 Å². The molecule has 0 bridgehead atoms. The van der Waals surface area contributed by atoms with Gasteiger partial charge in [0.2, 0.25) is 5.78 Å². The maximum absolute atomic E-state index is 4.67. The standard InChI is InChI=1S/C18H21BrN4/c1-2-3-11-22(13-15-8-5-4-6-9-15)14-16-17(19)23-12-7-10-20-18(23)21-16/h4-10,12H,2-3,11,13-14H2,1H3. The highest BCUT2D eigenvalue weighted by Gasteiger charge is 2.14. The Balaban J connectivity index is 1.80. The highest BCUT2D eigenvalue weighted by molar-refractivity contribution is 9.10. The van der Waals surface area contributed by atoms with Gasteiger partial charge in [-0.3, -0.25) is 9.30 Å². The summed E-state index contributed by atoms with van der Waals surface area (Å²) in [5.74, 6) is 0.740. The Labute approximate surface area is 145 Å². The minimum absolute atomic E-state index is 0.740. The predicted octanol–water partition coefficient (Wildman–Crippen LogP) is 4.29. The number of imidazole rings is 1. The molecule has 5 heteroatoms. The molecule has 0 saturated heterocycles. The molecule has 0 saturated carbocycles. The van der Waals surface area contributed by atoms with Gasteiger partial charge < -0.3 is 0 Å². The van der Waals surface area contributed by atoms with Crippen LogP contribution in [0.1, 0.15) is 31.0 Å². The Morgan fingerprint density at radius 1 is 1.13 bits per heavy atom. The summed E-state index contributed by atoms with van der Waals surface area (Å²) in [6, 6.07) is 12.5. The molecule has 3 rings (SSSR count). The first-order valence-corrected chi connectivity index (χ1v) is 8.81. The number of fused-ring (bicyclic) bond motifs is 1. The van der Waals surface area contributed by atoms with Crippen LogP contribution in [0.4, 0.5) is 0 Å². The van der Waals surface area contributed by atoms with Gasteiger partial charge in [0, 0.05) is 25.5 Å². The summed E-state index contributed by atoms with van der Waals surface area (Å²) in [6.45, 7) is 5.05. The Morgan fingerprint density at radius 3 is 2.70 bits per heavy atom. The van der Waals surface area contributed by atoms with Crippen molar-refractivity contribution in [2.45, 2.75) is 32.9 Å². The Kier molecular flexibility index (Phi) is 5.41. The van der Waals surface area contributed by atoms with Crippen LogP contribution in [-0.4, -0.2) is 25.8 Å². The summed E-state index contributed by atoms with van der Waals surface area (Å²) < 4.78 is 2.98. The van der Waals surface area contributed by atoms with E-state index in [1.54, 1.807) is 6.20 Å². The van der Waals surface area contributed by atoms with E-state index in [1.807, 2.05) is 16.7 Å². The third-order valence-corrected chi connectivity index (χ3v) is 4.70. The molecule has 0 aliphatic heterocycles. The van der Waals surface area contributed by atoms with E-state index in [4.69, 9.17) is 0 Å². The van der Waals surface area contributed by atoms with Crippen molar-refractivity contribution in [2.24, 2.45) is 0 Å². The first kappa shape index (κ1) is 16.1. The molecule has 0 atom stereocenters. The smallest absolute Gasteiger partial charge is 0.234 e. The van der Waals surface area contributed by atoms with Crippen molar-refractivity contribution in [1.82, 2.24) is 19.3 Å². The topological polar surface area (TPSA) is 33.4 Å². The fraction of sp³-hybridized carbons (Fsp3) is 0.333. The summed E-state index contributed by atoms with van der Waals surface area (Å²) in [4.78, 5) is 11.4. The molecule has 23 heavy (non-hydrogen) atoms. The van der Waals surface area contributed by atoms with Gasteiger partial charge in [0.25, 0.3) is 0 Å². The molecule has 1 aromatic carbocycles. The first-order chi connectivity index (χ1) is 11.3. The van der Waals surface area contributed by atoms with Gasteiger partial charge >= 0.3 is 0 Å². The number of hydrogen-bond acceptors (Lipinski definition) is 3. The van der Waals surface area contributed by atoms with Crippen molar-refractivity contribution in [3.63, 3.8) is 0 Å². The molecule has 2 heterocycles. The summed E-state index contributed by atoms with van der Waals surface area (Å²) >= 11 is 3.67. The van der Waals surface area contributed by atoms with E-state index >= 15 is 0 Å². The second-order valence-electron chi connectivity index (χ2n) is 5.69. The van der Waals surface area contributed by atoms with Gasteiger partial charge in [0.1, 0.15) is 4.60 Å². The SMILES string of the molecule is CCCCN(Cc1ccccc1)Cc1nc2ncccn2c1Br. The lowest BCUT2D eigenvalue weighted by Crippen LogP contribution is -2.24. The molecular weight excluding hydrogens is 352 g/mol. The number of benzene rings is 1. The van der Waals surface area contributed by atoms with Gasteiger partial charge in [0.05, 0.1) is 5.69 Å². The molecule has 0 aliphatic rings. The van der Waals surface area contributed by atoms with Crippen LogP contribution in [0.25, 0.3) is 5.78 Å². The van der Waals surface area contributed by atoms with Crippen LogP contribution < -0.4 is 0 Å². The average Bonchev–Trinajstić information content (AvgIpc) is 2.90. The Bertz CT molecular complexity index is 754. The number of unbranched alkanes of at least 4 members (excludes halogenated alkanes) is 1.